The summed E-state index contributed by atoms with van der Waals surface area (Å²) in [6.45, 7) is 7.93. The number of aliphatic carboxylic acids is 1. The summed E-state index contributed by atoms with van der Waals surface area (Å²) in [7, 11) is 0. The average molecular weight is 272 g/mol. The van der Waals surface area contributed by atoms with E-state index in [9.17, 15) is 9.59 Å². The molecule has 0 aromatic rings. The predicted octanol–water partition coefficient (Wildman–Crippen LogP) is 2.40. The first-order chi connectivity index (χ1) is 8.84. The zero-order valence-corrected chi connectivity index (χ0v) is 12.6. The van der Waals surface area contributed by atoms with Crippen LogP contribution in [0.25, 0.3) is 0 Å². The lowest BCUT2D eigenvalue weighted by Gasteiger charge is -2.34. The highest BCUT2D eigenvalue weighted by atomic mass is 16.4. The summed E-state index contributed by atoms with van der Waals surface area (Å²) in [5.41, 5.74) is 0. The third-order valence-electron chi connectivity index (χ3n) is 3.85. The Morgan fingerprint density at radius 3 is 2.26 bits per heavy atom. The number of nitrogens with zero attached hydrogens (tertiary/aromatic N) is 1. The number of unbranched alkanes of at least 4 members (excludes halogenated alkanes) is 1. The highest BCUT2D eigenvalue weighted by Gasteiger charge is 2.30. The van der Waals surface area contributed by atoms with Gasteiger partial charge in [0.15, 0.2) is 0 Å². The molecule has 112 valence electrons. The third-order valence-corrected chi connectivity index (χ3v) is 3.85. The molecule has 5 heteroatoms. The predicted molar refractivity (Wildman–Crippen MR) is 75.2 cm³/mol. The van der Waals surface area contributed by atoms with Crippen molar-refractivity contribution in [3.05, 3.63) is 0 Å². The Morgan fingerprint density at radius 2 is 1.84 bits per heavy atom. The summed E-state index contributed by atoms with van der Waals surface area (Å²) < 4.78 is 0. The number of carbonyl (C=O) groups excluding carboxylic acids is 1. The van der Waals surface area contributed by atoms with E-state index in [0.29, 0.717) is 12.3 Å². The zero-order chi connectivity index (χ0) is 15.0. The molecule has 0 aliphatic rings. The van der Waals surface area contributed by atoms with E-state index in [1.54, 1.807) is 6.92 Å². The van der Waals surface area contributed by atoms with Crippen LogP contribution in [0.4, 0.5) is 0 Å². The number of rotatable bonds is 9. The summed E-state index contributed by atoms with van der Waals surface area (Å²) in [6.07, 6.45) is 3.45. The first kappa shape index (κ1) is 17.9. The van der Waals surface area contributed by atoms with Crippen LogP contribution in [0, 0.1) is 11.8 Å². The lowest BCUT2D eigenvalue weighted by molar-refractivity contribution is -0.142. The van der Waals surface area contributed by atoms with Crippen LogP contribution in [0.5, 0.6) is 0 Å². The van der Waals surface area contributed by atoms with E-state index < -0.39 is 12.0 Å². The second kappa shape index (κ2) is 8.91. The Kier molecular flexibility index (Phi) is 8.39. The average Bonchev–Trinajstić information content (AvgIpc) is 2.39. The Labute approximate surface area is 116 Å². The van der Waals surface area contributed by atoms with Crippen molar-refractivity contribution >= 4 is 11.9 Å². The molecule has 1 amide bonds. The van der Waals surface area contributed by atoms with Gasteiger partial charge in [0, 0.05) is 6.42 Å². The minimum Gasteiger partial charge on any atom is -0.481 e. The van der Waals surface area contributed by atoms with Crippen molar-refractivity contribution in [2.24, 2.45) is 17.7 Å². The zero-order valence-electron chi connectivity index (χ0n) is 12.6. The normalized spacial score (nSPS) is 15.6. The summed E-state index contributed by atoms with van der Waals surface area (Å²) in [5, 5.41) is 10.1. The minimum absolute atomic E-state index is 0.0724. The Bertz CT molecular complexity index is 294. The quantitative estimate of drug-likeness (QED) is 0.383. The van der Waals surface area contributed by atoms with Crippen molar-refractivity contribution in [2.75, 3.05) is 0 Å². The summed E-state index contributed by atoms with van der Waals surface area (Å²) in [6, 6.07) is -0.434. The number of nitrogens with two attached hydrogens (primary N) is 1. The molecule has 0 aliphatic carbocycles. The van der Waals surface area contributed by atoms with Gasteiger partial charge in [0.05, 0.1) is 12.5 Å². The fourth-order valence-corrected chi connectivity index (χ4v) is 2.25. The second-order valence-electron chi connectivity index (χ2n) is 5.30. The van der Waals surface area contributed by atoms with Crippen LogP contribution in [0.1, 0.15) is 59.8 Å². The number of carbonyl (C=O) groups is 2. The maximum absolute atomic E-state index is 11.7. The molecule has 0 bridgehead atoms. The van der Waals surface area contributed by atoms with Crippen LogP contribution in [0.2, 0.25) is 0 Å². The lowest BCUT2D eigenvalue weighted by Crippen LogP contribution is -2.50. The van der Waals surface area contributed by atoms with E-state index in [1.165, 1.54) is 0 Å². The van der Waals surface area contributed by atoms with Crippen molar-refractivity contribution in [3.8, 4) is 0 Å². The van der Waals surface area contributed by atoms with E-state index in [4.69, 9.17) is 10.9 Å². The SMILES string of the molecule is CCCCC(C)C(C)C(CC(=O)O)N(N)C(=O)CC. The number of hydrogen-bond acceptors (Lipinski definition) is 3. The molecule has 19 heavy (non-hydrogen) atoms. The first-order valence-corrected chi connectivity index (χ1v) is 7.13. The van der Waals surface area contributed by atoms with Gasteiger partial charge in [-0.3, -0.25) is 14.6 Å². The summed E-state index contributed by atoms with van der Waals surface area (Å²) in [5.74, 6) is 5.10. The molecule has 3 unspecified atom stereocenters. The number of hydrazine groups is 1. The Balaban J connectivity index is 4.81. The molecule has 0 saturated carbocycles. The van der Waals surface area contributed by atoms with E-state index in [2.05, 4.69) is 13.8 Å². The summed E-state index contributed by atoms with van der Waals surface area (Å²) in [4.78, 5) is 22.7. The Morgan fingerprint density at radius 1 is 1.26 bits per heavy atom. The minimum atomic E-state index is -0.918. The largest absolute Gasteiger partial charge is 0.481 e. The fraction of sp³-hybridized carbons (Fsp3) is 0.857. The molecule has 0 aliphatic heterocycles. The van der Waals surface area contributed by atoms with Crippen molar-refractivity contribution in [1.29, 1.82) is 0 Å². The highest BCUT2D eigenvalue weighted by molar-refractivity contribution is 5.76. The lowest BCUT2D eigenvalue weighted by atomic mass is 9.83. The van der Waals surface area contributed by atoms with Gasteiger partial charge in [-0.25, -0.2) is 5.84 Å². The van der Waals surface area contributed by atoms with Gasteiger partial charge in [-0.05, 0) is 11.8 Å². The van der Waals surface area contributed by atoms with Crippen LogP contribution in [-0.4, -0.2) is 28.0 Å². The van der Waals surface area contributed by atoms with Gasteiger partial charge in [-0.1, -0.05) is 47.0 Å². The van der Waals surface area contributed by atoms with Gasteiger partial charge in [0.2, 0.25) is 5.91 Å². The van der Waals surface area contributed by atoms with Gasteiger partial charge in [-0.2, -0.15) is 0 Å². The van der Waals surface area contributed by atoms with Crippen LogP contribution in [-0.2, 0) is 9.59 Å². The highest BCUT2D eigenvalue weighted by Crippen LogP contribution is 2.25. The fourth-order valence-electron chi connectivity index (χ4n) is 2.25. The van der Waals surface area contributed by atoms with Crippen molar-refractivity contribution in [2.45, 2.75) is 65.8 Å². The number of amides is 1. The Hall–Kier alpha value is -1.10. The molecule has 0 saturated heterocycles. The monoisotopic (exact) mass is 272 g/mol. The topological polar surface area (TPSA) is 83.6 Å². The standard InChI is InChI=1S/C14H28N2O3/c1-5-7-8-10(3)11(4)12(9-14(18)19)16(15)13(17)6-2/h10-12H,5-9,15H2,1-4H3,(H,18,19). The number of carboxylic acids is 1. The van der Waals surface area contributed by atoms with Crippen molar-refractivity contribution < 1.29 is 14.7 Å². The van der Waals surface area contributed by atoms with E-state index in [1.807, 2.05) is 6.92 Å². The maximum atomic E-state index is 11.7. The number of hydrogen-bond donors (Lipinski definition) is 2. The smallest absolute Gasteiger partial charge is 0.305 e. The van der Waals surface area contributed by atoms with Crippen LogP contribution in [0.3, 0.4) is 0 Å². The molecule has 0 radical (unpaired) electrons. The summed E-state index contributed by atoms with van der Waals surface area (Å²) >= 11 is 0. The second-order valence-corrected chi connectivity index (χ2v) is 5.30. The van der Waals surface area contributed by atoms with Crippen LogP contribution >= 0.6 is 0 Å². The number of carboxylic acid groups (broad SMARTS) is 1. The van der Waals surface area contributed by atoms with Crippen molar-refractivity contribution in [1.82, 2.24) is 5.01 Å². The van der Waals surface area contributed by atoms with E-state index >= 15 is 0 Å². The molecule has 0 fully saturated rings. The molecule has 0 rings (SSSR count). The molecule has 0 aromatic carbocycles. The maximum Gasteiger partial charge on any atom is 0.305 e. The van der Waals surface area contributed by atoms with Gasteiger partial charge in [-0.15, -0.1) is 0 Å². The van der Waals surface area contributed by atoms with Crippen LogP contribution in [0.15, 0.2) is 0 Å². The molecule has 0 aromatic heterocycles. The van der Waals surface area contributed by atoms with Gasteiger partial charge in [0.1, 0.15) is 0 Å². The molecule has 0 spiro atoms. The van der Waals surface area contributed by atoms with Gasteiger partial charge < -0.3 is 5.11 Å². The van der Waals surface area contributed by atoms with Gasteiger partial charge >= 0.3 is 5.97 Å². The van der Waals surface area contributed by atoms with Crippen LogP contribution < -0.4 is 5.84 Å². The first-order valence-electron chi connectivity index (χ1n) is 7.13. The molecule has 3 atom stereocenters. The molecule has 0 heterocycles. The van der Waals surface area contributed by atoms with Gasteiger partial charge in [0.25, 0.3) is 0 Å². The third kappa shape index (κ3) is 6.05. The molecule has 5 nitrogen and oxygen atoms in total. The molecule has 3 N–H and O–H groups in total. The molecular weight excluding hydrogens is 244 g/mol. The van der Waals surface area contributed by atoms with E-state index in [-0.39, 0.29) is 18.2 Å². The van der Waals surface area contributed by atoms with Crippen molar-refractivity contribution in [3.63, 3.8) is 0 Å². The van der Waals surface area contributed by atoms with E-state index in [0.717, 1.165) is 24.3 Å². The molecular formula is C14H28N2O3.